The third kappa shape index (κ3) is 2.19. The lowest BCUT2D eigenvalue weighted by Gasteiger charge is -2.04. The number of primary amides is 1. The molecule has 1 amide bonds. The van der Waals surface area contributed by atoms with Crippen LogP contribution in [0.15, 0.2) is 30.6 Å². The van der Waals surface area contributed by atoms with Crippen molar-refractivity contribution < 1.29 is 9.59 Å². The second-order valence-corrected chi connectivity index (χ2v) is 3.80. The van der Waals surface area contributed by atoms with Crippen molar-refractivity contribution in [1.29, 1.82) is 0 Å². The first-order valence-corrected chi connectivity index (χ1v) is 5.09. The number of carbonyl (C=O) groups excluding carboxylic acids is 2. The fourth-order valence-electron chi connectivity index (χ4n) is 1.41. The van der Waals surface area contributed by atoms with E-state index in [4.69, 9.17) is 17.3 Å². The van der Waals surface area contributed by atoms with E-state index < -0.39 is 5.91 Å². The van der Waals surface area contributed by atoms with E-state index in [1.807, 2.05) is 0 Å². The van der Waals surface area contributed by atoms with Crippen molar-refractivity contribution in [3.05, 3.63) is 46.7 Å². The molecule has 0 fully saturated rings. The van der Waals surface area contributed by atoms with Crippen LogP contribution in [0.2, 0.25) is 5.02 Å². The van der Waals surface area contributed by atoms with E-state index in [9.17, 15) is 9.59 Å². The molecule has 0 saturated heterocycles. The second-order valence-electron chi connectivity index (χ2n) is 3.36. The first kappa shape index (κ1) is 11.3. The molecule has 0 radical (unpaired) electrons. The second kappa shape index (κ2) is 4.39. The molecule has 17 heavy (non-hydrogen) atoms. The van der Waals surface area contributed by atoms with E-state index in [1.54, 1.807) is 12.1 Å². The van der Waals surface area contributed by atoms with Gasteiger partial charge >= 0.3 is 0 Å². The van der Waals surface area contributed by atoms with E-state index in [0.717, 1.165) is 0 Å². The summed E-state index contributed by atoms with van der Waals surface area (Å²) < 4.78 is 1.40. The summed E-state index contributed by atoms with van der Waals surface area (Å²) in [6.07, 6.45) is 3.47. The lowest BCUT2D eigenvalue weighted by molar-refractivity contribution is 0.1000. The Kier molecular flexibility index (Phi) is 2.93. The van der Waals surface area contributed by atoms with Gasteiger partial charge in [0.2, 0.25) is 0 Å². The number of hydrogen-bond acceptors (Lipinski definition) is 3. The van der Waals surface area contributed by atoms with E-state index in [2.05, 4.69) is 5.10 Å². The lowest BCUT2D eigenvalue weighted by Crippen LogP contribution is -2.09. The molecule has 0 aliphatic carbocycles. The molecule has 0 aliphatic heterocycles. The molecule has 2 aromatic rings. The smallest absolute Gasteiger partial charge is 0.251 e. The Morgan fingerprint density at radius 3 is 2.82 bits per heavy atom. The monoisotopic (exact) mass is 249 g/mol. The van der Waals surface area contributed by atoms with Crippen LogP contribution in [-0.2, 0) is 0 Å². The van der Waals surface area contributed by atoms with Crippen LogP contribution in [0, 0.1) is 0 Å². The van der Waals surface area contributed by atoms with Crippen molar-refractivity contribution in [2.45, 2.75) is 0 Å². The summed E-state index contributed by atoms with van der Waals surface area (Å²) in [7, 11) is 0. The predicted molar refractivity (Wildman–Crippen MR) is 62.5 cm³/mol. The van der Waals surface area contributed by atoms with Crippen LogP contribution >= 0.6 is 11.6 Å². The Balaban J connectivity index is 2.52. The number of amides is 1. The molecule has 5 nitrogen and oxygen atoms in total. The summed E-state index contributed by atoms with van der Waals surface area (Å²) in [4.78, 5) is 21.8. The van der Waals surface area contributed by atoms with Crippen LogP contribution in [0.5, 0.6) is 0 Å². The first-order chi connectivity index (χ1) is 8.11. The molecule has 1 heterocycles. The minimum absolute atomic E-state index is 0.275. The molecule has 86 valence electrons. The number of aldehydes is 1. The maximum absolute atomic E-state index is 10.9. The molecule has 6 heteroatoms. The van der Waals surface area contributed by atoms with Gasteiger partial charge in [0.05, 0.1) is 17.4 Å². The highest BCUT2D eigenvalue weighted by Gasteiger charge is 2.09. The number of nitrogens with two attached hydrogens (primary N) is 1. The van der Waals surface area contributed by atoms with Gasteiger partial charge in [-0.25, -0.2) is 4.68 Å². The largest absolute Gasteiger partial charge is 0.366 e. The Labute approximate surface area is 102 Å². The van der Waals surface area contributed by atoms with E-state index >= 15 is 0 Å². The highest BCUT2D eigenvalue weighted by Crippen LogP contribution is 2.18. The first-order valence-electron chi connectivity index (χ1n) is 4.71. The number of hydrogen-bond donors (Lipinski definition) is 1. The zero-order chi connectivity index (χ0) is 12.4. The van der Waals surface area contributed by atoms with Gasteiger partial charge < -0.3 is 5.73 Å². The van der Waals surface area contributed by atoms with Gasteiger partial charge in [0, 0.05) is 16.8 Å². The molecule has 0 spiro atoms. The zero-order valence-corrected chi connectivity index (χ0v) is 9.39. The molecule has 1 aromatic carbocycles. The van der Waals surface area contributed by atoms with Gasteiger partial charge in [0.15, 0.2) is 6.29 Å². The molecule has 0 saturated carbocycles. The van der Waals surface area contributed by atoms with Crippen LogP contribution in [0.4, 0.5) is 0 Å². The number of carbonyl (C=O) groups is 2. The standard InChI is InChI=1S/C11H8ClN3O2/c12-9-1-2-10(7(3-9)6-16)15-5-8(4-14-15)11(13)17/h1-6H,(H2,13,17). The molecule has 2 rings (SSSR count). The topological polar surface area (TPSA) is 78.0 Å². The highest BCUT2D eigenvalue weighted by molar-refractivity contribution is 6.30. The van der Waals surface area contributed by atoms with Gasteiger partial charge in [-0.2, -0.15) is 5.10 Å². The quantitative estimate of drug-likeness (QED) is 0.836. The van der Waals surface area contributed by atoms with Gasteiger partial charge in [0.1, 0.15) is 0 Å². The van der Waals surface area contributed by atoms with Crippen LogP contribution in [0.1, 0.15) is 20.7 Å². The molecule has 2 N–H and O–H groups in total. The molecule has 0 atom stereocenters. The van der Waals surface area contributed by atoms with Crippen molar-refractivity contribution in [3.63, 3.8) is 0 Å². The van der Waals surface area contributed by atoms with Crippen molar-refractivity contribution in [2.24, 2.45) is 5.73 Å². The number of rotatable bonds is 3. The summed E-state index contributed by atoms with van der Waals surface area (Å²) in [5, 5.41) is 4.42. The van der Waals surface area contributed by atoms with Crippen molar-refractivity contribution in [1.82, 2.24) is 9.78 Å². The summed E-state index contributed by atoms with van der Waals surface area (Å²) in [5.41, 5.74) is 6.32. The number of benzene rings is 1. The van der Waals surface area contributed by atoms with Gasteiger partial charge in [-0.05, 0) is 18.2 Å². The predicted octanol–water partition coefficient (Wildman–Crippen LogP) is 1.44. The third-order valence-electron chi connectivity index (χ3n) is 2.23. The van der Waals surface area contributed by atoms with E-state index in [-0.39, 0.29) is 5.56 Å². The Bertz CT molecular complexity index is 592. The minimum atomic E-state index is -0.571. The molecule has 1 aromatic heterocycles. The van der Waals surface area contributed by atoms with Gasteiger partial charge in [-0.15, -0.1) is 0 Å². The third-order valence-corrected chi connectivity index (χ3v) is 2.47. The average molecular weight is 250 g/mol. The van der Waals surface area contributed by atoms with Gasteiger partial charge in [-0.1, -0.05) is 11.6 Å². The summed E-state index contributed by atoms with van der Waals surface area (Å²) in [6.45, 7) is 0. The zero-order valence-electron chi connectivity index (χ0n) is 8.63. The maximum Gasteiger partial charge on any atom is 0.251 e. The van der Waals surface area contributed by atoms with Crippen LogP contribution < -0.4 is 5.73 Å². The van der Waals surface area contributed by atoms with Crippen molar-refractivity contribution in [2.75, 3.05) is 0 Å². The van der Waals surface area contributed by atoms with Crippen LogP contribution in [-0.4, -0.2) is 22.0 Å². The van der Waals surface area contributed by atoms with Crippen molar-refractivity contribution in [3.8, 4) is 5.69 Å². The summed E-state index contributed by atoms with van der Waals surface area (Å²) >= 11 is 5.78. The molecule has 0 bridgehead atoms. The lowest BCUT2D eigenvalue weighted by atomic mass is 10.2. The highest BCUT2D eigenvalue weighted by atomic mass is 35.5. The normalized spacial score (nSPS) is 10.2. The Hall–Kier alpha value is -2.14. The summed E-state index contributed by atoms with van der Waals surface area (Å²) in [6, 6.07) is 4.80. The minimum Gasteiger partial charge on any atom is -0.366 e. The number of nitrogens with zero attached hydrogens (tertiary/aromatic N) is 2. The summed E-state index contributed by atoms with van der Waals surface area (Å²) in [5.74, 6) is -0.571. The fourth-order valence-corrected chi connectivity index (χ4v) is 1.59. The van der Waals surface area contributed by atoms with E-state index in [0.29, 0.717) is 22.6 Å². The molecule has 0 unspecified atom stereocenters. The average Bonchev–Trinajstić information content (AvgIpc) is 2.78. The van der Waals surface area contributed by atoms with Crippen LogP contribution in [0.3, 0.4) is 0 Å². The van der Waals surface area contributed by atoms with Crippen molar-refractivity contribution >= 4 is 23.8 Å². The van der Waals surface area contributed by atoms with E-state index in [1.165, 1.54) is 23.1 Å². The van der Waals surface area contributed by atoms with Gasteiger partial charge in [-0.3, -0.25) is 9.59 Å². The number of halogens is 1. The maximum atomic E-state index is 10.9. The molecular formula is C11H8ClN3O2. The van der Waals surface area contributed by atoms with Gasteiger partial charge in [0.25, 0.3) is 5.91 Å². The number of aromatic nitrogens is 2. The van der Waals surface area contributed by atoms with Crippen LogP contribution in [0.25, 0.3) is 5.69 Å². The molecule has 0 aliphatic rings. The fraction of sp³-hybridized carbons (Fsp3) is 0. The SMILES string of the molecule is NC(=O)c1cnn(-c2ccc(Cl)cc2C=O)c1. The Morgan fingerprint density at radius 2 is 2.24 bits per heavy atom. The molecular weight excluding hydrogens is 242 g/mol. The Morgan fingerprint density at radius 1 is 1.47 bits per heavy atom.